The molecule has 0 radical (unpaired) electrons. The van der Waals surface area contributed by atoms with Gasteiger partial charge < -0.3 is 5.73 Å². The van der Waals surface area contributed by atoms with E-state index in [1.807, 2.05) is 0 Å². The fraction of sp³-hybridized carbons (Fsp3) is 0. The molecule has 1 aromatic heterocycles. The Morgan fingerprint density at radius 2 is 2.13 bits per heavy atom. The lowest BCUT2D eigenvalue weighted by Gasteiger charge is -1.91. The third kappa shape index (κ3) is 0.997. The molecule has 2 aliphatic rings. The van der Waals surface area contributed by atoms with E-state index in [1.54, 1.807) is 0 Å². The van der Waals surface area contributed by atoms with Gasteiger partial charge in [0, 0.05) is 0 Å². The lowest BCUT2D eigenvalue weighted by Crippen LogP contribution is -2.21. The zero-order chi connectivity index (χ0) is 10.4. The normalized spacial score (nSPS) is 15.1. The number of amidine groups is 1. The zero-order valence-corrected chi connectivity index (χ0v) is 7.38. The van der Waals surface area contributed by atoms with Gasteiger partial charge in [0.1, 0.15) is 23.1 Å². The maximum Gasteiger partial charge on any atom is 0.286 e. The second-order valence-electron chi connectivity index (χ2n) is 2.95. The highest BCUT2D eigenvalue weighted by atomic mass is 16.1. The van der Waals surface area contributed by atoms with Gasteiger partial charge in [-0.1, -0.05) is 0 Å². The molecule has 2 N–H and O–H groups in total. The number of nitrogens with two attached hydrogens (primary N) is 1. The second-order valence-corrected chi connectivity index (χ2v) is 2.95. The topological polar surface area (TPSA) is 105 Å². The van der Waals surface area contributed by atoms with Crippen LogP contribution in [-0.2, 0) is 4.79 Å². The molecule has 0 aliphatic carbocycles. The Kier molecular flexibility index (Phi) is 1.34. The molecule has 1 amide bonds. The highest BCUT2D eigenvalue weighted by molar-refractivity contribution is 6.38. The van der Waals surface area contributed by atoms with Crippen LogP contribution in [0.15, 0.2) is 26.2 Å². The molecule has 0 saturated heterocycles. The monoisotopic (exact) mass is 200 g/mol. The maximum absolute atomic E-state index is 10.9. The van der Waals surface area contributed by atoms with Crippen molar-refractivity contribution in [2.75, 3.05) is 0 Å². The van der Waals surface area contributed by atoms with Crippen molar-refractivity contribution in [3.63, 3.8) is 0 Å². The highest BCUT2D eigenvalue weighted by Gasteiger charge is 2.19. The lowest BCUT2D eigenvalue weighted by atomic mass is 10.3. The summed E-state index contributed by atoms with van der Waals surface area (Å²) in [5.74, 6) is -0.728. The van der Waals surface area contributed by atoms with Crippen LogP contribution in [0.3, 0.4) is 0 Å². The predicted molar refractivity (Wildman–Crippen MR) is 51.0 cm³/mol. The Hall–Kier alpha value is -2.44. The van der Waals surface area contributed by atoms with Crippen LogP contribution >= 0.6 is 0 Å². The molecular weight excluding hydrogens is 196 g/mol. The molecule has 15 heavy (non-hydrogen) atoms. The SMILES string of the molecule is NC(=O)C1=Nc2c3c(cnc2=N1)=NC=N3. The third-order valence-corrected chi connectivity index (χ3v) is 2.02. The Morgan fingerprint density at radius 3 is 2.93 bits per heavy atom. The van der Waals surface area contributed by atoms with Crippen LogP contribution in [0.2, 0.25) is 0 Å². The molecule has 3 rings (SSSR count). The average Bonchev–Trinajstić information content (AvgIpc) is 2.82. The minimum atomic E-state index is -0.680. The molecule has 0 unspecified atom stereocenters. The molecule has 0 fully saturated rings. The highest BCUT2D eigenvalue weighted by Crippen LogP contribution is 2.22. The van der Waals surface area contributed by atoms with Crippen molar-refractivity contribution >= 4 is 29.5 Å². The quantitative estimate of drug-likeness (QED) is 0.597. The number of aromatic nitrogens is 1. The summed E-state index contributed by atoms with van der Waals surface area (Å²) in [5, 5.41) is 0.624. The van der Waals surface area contributed by atoms with Crippen LogP contribution in [0.4, 0.5) is 11.4 Å². The molecule has 0 aromatic carbocycles. The molecule has 2 aliphatic heterocycles. The Labute approximate surface area is 82.8 Å². The molecule has 0 spiro atoms. The minimum absolute atomic E-state index is 0.0481. The summed E-state index contributed by atoms with van der Waals surface area (Å²) < 4.78 is 0. The van der Waals surface area contributed by atoms with Gasteiger partial charge in [0.05, 0.1) is 6.20 Å². The number of amides is 1. The van der Waals surface area contributed by atoms with Crippen molar-refractivity contribution in [1.82, 2.24) is 4.98 Å². The van der Waals surface area contributed by atoms with Crippen LogP contribution in [0.1, 0.15) is 0 Å². The van der Waals surface area contributed by atoms with E-state index in [1.165, 1.54) is 12.5 Å². The summed E-state index contributed by atoms with van der Waals surface area (Å²) in [7, 11) is 0. The van der Waals surface area contributed by atoms with Gasteiger partial charge in [0.25, 0.3) is 5.91 Å². The van der Waals surface area contributed by atoms with Gasteiger partial charge in [-0.05, 0) is 0 Å². The standard InChI is InChI=1S/C8H4N6O/c9-6(15)8-13-5-4-3(11-2-12-4)1-10-7(5)14-8/h1-2H,(H2,9,15). The number of carbonyl (C=O) groups excluding carboxylic acids is 1. The van der Waals surface area contributed by atoms with Gasteiger partial charge in [0.15, 0.2) is 5.49 Å². The molecule has 3 heterocycles. The summed E-state index contributed by atoms with van der Waals surface area (Å²) in [6, 6.07) is 0. The van der Waals surface area contributed by atoms with Crippen LogP contribution < -0.4 is 16.6 Å². The number of primary amides is 1. The van der Waals surface area contributed by atoms with Gasteiger partial charge in [-0.3, -0.25) is 4.79 Å². The van der Waals surface area contributed by atoms with Crippen LogP contribution in [-0.4, -0.2) is 23.1 Å². The predicted octanol–water partition coefficient (Wildman–Crippen LogP) is -1.48. The van der Waals surface area contributed by atoms with E-state index in [2.05, 4.69) is 25.0 Å². The van der Waals surface area contributed by atoms with Crippen molar-refractivity contribution in [2.45, 2.75) is 0 Å². The van der Waals surface area contributed by atoms with E-state index < -0.39 is 5.91 Å². The van der Waals surface area contributed by atoms with E-state index in [-0.39, 0.29) is 5.84 Å². The number of rotatable bonds is 1. The maximum atomic E-state index is 10.9. The first kappa shape index (κ1) is 7.92. The lowest BCUT2D eigenvalue weighted by molar-refractivity contribution is -0.112. The fourth-order valence-electron chi connectivity index (χ4n) is 1.37. The summed E-state index contributed by atoms with van der Waals surface area (Å²) in [6.07, 6.45) is 2.94. The Morgan fingerprint density at radius 1 is 1.27 bits per heavy atom. The number of fused-ring (bicyclic) bond motifs is 3. The number of aliphatic imine (C=N–C) groups is 2. The van der Waals surface area contributed by atoms with E-state index in [9.17, 15) is 4.79 Å². The van der Waals surface area contributed by atoms with E-state index in [4.69, 9.17) is 5.73 Å². The van der Waals surface area contributed by atoms with E-state index in [0.717, 1.165) is 0 Å². The summed E-state index contributed by atoms with van der Waals surface area (Å²) in [4.78, 5) is 30.7. The smallest absolute Gasteiger partial charge is 0.286 e. The summed E-state index contributed by atoms with van der Waals surface area (Å²) >= 11 is 0. The molecule has 7 heteroatoms. The van der Waals surface area contributed by atoms with Crippen molar-refractivity contribution in [3.8, 4) is 0 Å². The van der Waals surface area contributed by atoms with Gasteiger partial charge in [-0.2, -0.15) is 0 Å². The van der Waals surface area contributed by atoms with Gasteiger partial charge in [-0.15, -0.1) is 0 Å². The molecule has 7 nitrogen and oxygen atoms in total. The van der Waals surface area contributed by atoms with Crippen LogP contribution in [0, 0.1) is 0 Å². The number of nitrogens with zero attached hydrogens (tertiary/aromatic N) is 5. The third-order valence-electron chi connectivity index (χ3n) is 2.02. The zero-order valence-electron chi connectivity index (χ0n) is 7.38. The number of hydrogen-bond acceptors (Lipinski definition) is 6. The van der Waals surface area contributed by atoms with Crippen molar-refractivity contribution < 1.29 is 4.79 Å². The number of pyridine rings is 1. The Bertz CT molecular complexity index is 656. The first-order chi connectivity index (χ1) is 7.25. The number of carbonyl (C=O) groups is 1. The van der Waals surface area contributed by atoms with Gasteiger partial charge >= 0.3 is 0 Å². The molecule has 0 bridgehead atoms. The molecular formula is C8H4N6O. The number of hydrogen-bond donors (Lipinski definition) is 1. The van der Waals surface area contributed by atoms with Gasteiger partial charge in [0.2, 0.25) is 5.84 Å². The van der Waals surface area contributed by atoms with Crippen LogP contribution in [0.25, 0.3) is 0 Å². The first-order valence-electron chi connectivity index (χ1n) is 4.12. The van der Waals surface area contributed by atoms with Crippen molar-refractivity contribution in [2.24, 2.45) is 25.7 Å². The largest absolute Gasteiger partial charge is 0.363 e. The minimum Gasteiger partial charge on any atom is -0.363 e. The van der Waals surface area contributed by atoms with Crippen LogP contribution in [0.5, 0.6) is 0 Å². The van der Waals surface area contributed by atoms with Crippen molar-refractivity contribution in [1.29, 1.82) is 0 Å². The summed E-state index contributed by atoms with van der Waals surface area (Å²) in [6.45, 7) is 0. The fourth-order valence-corrected chi connectivity index (χ4v) is 1.37. The Balaban J connectivity index is 2.34. The van der Waals surface area contributed by atoms with Gasteiger partial charge in [-0.25, -0.2) is 25.0 Å². The second kappa shape index (κ2) is 2.53. The molecule has 0 saturated carbocycles. The molecule has 1 aromatic rings. The van der Waals surface area contributed by atoms with E-state index >= 15 is 0 Å². The van der Waals surface area contributed by atoms with Crippen molar-refractivity contribution in [3.05, 3.63) is 17.0 Å². The molecule has 72 valence electrons. The first-order valence-corrected chi connectivity index (χ1v) is 4.12. The summed E-state index contributed by atoms with van der Waals surface area (Å²) in [5.41, 5.74) is 6.47. The average molecular weight is 200 g/mol. The molecule has 0 atom stereocenters. The van der Waals surface area contributed by atoms with E-state index in [0.29, 0.717) is 22.2 Å².